The van der Waals surface area contributed by atoms with Gasteiger partial charge in [0.2, 0.25) is 6.29 Å². The van der Waals surface area contributed by atoms with E-state index in [0.29, 0.717) is 12.8 Å². The van der Waals surface area contributed by atoms with Crippen LogP contribution in [-0.4, -0.2) is 89.0 Å². The van der Waals surface area contributed by atoms with Gasteiger partial charge >= 0.3 is 11.9 Å². The number of hydrogen-bond acceptors (Lipinski definition) is 10. The van der Waals surface area contributed by atoms with E-state index < -0.39 is 72.8 Å². The van der Waals surface area contributed by atoms with Gasteiger partial charge in [-0.25, -0.2) is 0 Å². The molecular weight excluding hydrogens is 352 g/mol. The van der Waals surface area contributed by atoms with Crippen LogP contribution in [0.3, 0.4) is 0 Å². The smallest absolute Gasteiger partial charge is 0.317 e. The van der Waals surface area contributed by atoms with Gasteiger partial charge in [0.25, 0.3) is 0 Å². The second-order valence-corrected chi connectivity index (χ2v) is 7.13. The van der Waals surface area contributed by atoms with Gasteiger partial charge in [-0.15, -0.1) is 0 Å². The first-order valence-corrected chi connectivity index (χ1v) is 8.50. The van der Waals surface area contributed by atoms with Crippen molar-refractivity contribution in [3.05, 3.63) is 0 Å². The Labute approximate surface area is 149 Å². The average Bonchev–Trinajstić information content (AvgIpc) is 3.21. The minimum Gasteiger partial charge on any atom is -0.469 e. The summed E-state index contributed by atoms with van der Waals surface area (Å²) in [5, 5.41) is 38.8. The van der Waals surface area contributed by atoms with Crippen molar-refractivity contribution in [2.75, 3.05) is 13.7 Å². The molecule has 26 heavy (non-hydrogen) atoms. The van der Waals surface area contributed by atoms with Crippen molar-refractivity contribution in [2.45, 2.75) is 62.7 Å². The van der Waals surface area contributed by atoms with Gasteiger partial charge in [0, 0.05) is 0 Å². The highest BCUT2D eigenvalue weighted by molar-refractivity contribution is 5.87. The summed E-state index contributed by atoms with van der Waals surface area (Å²) < 4.78 is 20.9. The lowest BCUT2D eigenvalue weighted by atomic mass is 9.67. The van der Waals surface area contributed by atoms with E-state index in [-0.39, 0.29) is 0 Å². The Hall–Kier alpha value is -1.30. The summed E-state index contributed by atoms with van der Waals surface area (Å²) in [5.41, 5.74) is -1.34. The van der Waals surface area contributed by atoms with E-state index in [0.717, 1.165) is 0 Å². The van der Waals surface area contributed by atoms with Crippen LogP contribution in [0, 0.1) is 11.3 Å². The molecular formula is C16H24O10. The third kappa shape index (κ3) is 2.81. The molecule has 0 amide bonds. The van der Waals surface area contributed by atoms with Crippen LogP contribution in [0.1, 0.15) is 19.8 Å². The van der Waals surface area contributed by atoms with Crippen molar-refractivity contribution in [3.63, 3.8) is 0 Å². The van der Waals surface area contributed by atoms with Crippen LogP contribution < -0.4 is 0 Å². The Morgan fingerprint density at radius 3 is 2.42 bits per heavy atom. The summed E-state index contributed by atoms with van der Waals surface area (Å²) in [6.07, 6.45) is -7.57. The van der Waals surface area contributed by atoms with E-state index in [9.17, 15) is 30.0 Å². The van der Waals surface area contributed by atoms with Crippen molar-refractivity contribution in [3.8, 4) is 0 Å². The van der Waals surface area contributed by atoms with E-state index in [2.05, 4.69) is 0 Å². The van der Waals surface area contributed by atoms with E-state index in [1.165, 1.54) is 14.0 Å². The highest BCUT2D eigenvalue weighted by Crippen LogP contribution is 2.53. The zero-order chi connectivity index (χ0) is 19.2. The van der Waals surface area contributed by atoms with Crippen LogP contribution in [0.5, 0.6) is 0 Å². The van der Waals surface area contributed by atoms with E-state index in [1.54, 1.807) is 0 Å². The summed E-state index contributed by atoms with van der Waals surface area (Å²) in [7, 11) is 1.22. The van der Waals surface area contributed by atoms with Crippen LogP contribution >= 0.6 is 0 Å². The Morgan fingerprint density at radius 1 is 1.12 bits per heavy atom. The van der Waals surface area contributed by atoms with E-state index in [1.807, 2.05) is 0 Å². The number of carbonyl (C=O) groups excluding carboxylic acids is 2. The fourth-order valence-electron chi connectivity index (χ4n) is 4.11. The molecule has 4 unspecified atom stereocenters. The van der Waals surface area contributed by atoms with Crippen molar-refractivity contribution in [1.29, 1.82) is 0 Å². The molecule has 3 heterocycles. The highest BCUT2D eigenvalue weighted by Gasteiger charge is 2.65. The zero-order valence-electron chi connectivity index (χ0n) is 14.5. The number of fused-ring (bicyclic) bond motifs is 2. The molecule has 3 rings (SSSR count). The van der Waals surface area contributed by atoms with Gasteiger partial charge < -0.3 is 39.4 Å². The number of hydrogen-bond donors (Lipinski definition) is 4. The van der Waals surface area contributed by atoms with Gasteiger partial charge in [-0.1, -0.05) is 0 Å². The SMILES string of the molecule is COC(=O)C1C2CCC(O2)C1(C)C(=O)O[C@@H]1O[C@H](CO)[C@@H](O)[C@H](O)[C@H]1O. The number of aliphatic hydroxyl groups is 4. The minimum absolute atomic E-state index is 0.459. The summed E-state index contributed by atoms with van der Waals surface area (Å²) in [4.78, 5) is 25.1. The molecule has 10 nitrogen and oxygen atoms in total. The van der Waals surface area contributed by atoms with Crippen molar-refractivity contribution in [1.82, 2.24) is 0 Å². The molecule has 0 aromatic rings. The maximum absolute atomic E-state index is 12.9. The first-order valence-electron chi connectivity index (χ1n) is 8.50. The van der Waals surface area contributed by atoms with Gasteiger partial charge in [0.15, 0.2) is 0 Å². The van der Waals surface area contributed by atoms with Crippen LogP contribution in [-0.2, 0) is 28.5 Å². The third-order valence-corrected chi connectivity index (χ3v) is 5.71. The van der Waals surface area contributed by atoms with Crippen LogP contribution in [0.4, 0.5) is 0 Å². The molecule has 10 heteroatoms. The Bertz CT molecular complexity index is 565. The molecule has 4 N–H and O–H groups in total. The molecule has 2 bridgehead atoms. The van der Waals surface area contributed by atoms with Gasteiger partial charge in [-0.05, 0) is 19.8 Å². The largest absolute Gasteiger partial charge is 0.469 e. The van der Waals surface area contributed by atoms with E-state index >= 15 is 0 Å². The van der Waals surface area contributed by atoms with Crippen LogP contribution in [0.25, 0.3) is 0 Å². The molecule has 0 aromatic carbocycles. The standard InChI is InChI=1S/C16H24O10/c1-16(8-4-3-6(24-8)9(16)13(21)23-2)15(22)26-14-12(20)11(19)10(18)7(5-17)25-14/h6-12,14,17-20H,3-5H2,1-2H3/t6?,7-,8?,9?,10-,11+,12-,14+,16?/m1/s1. The normalized spacial score (nSPS) is 47.6. The molecule has 3 fully saturated rings. The molecule has 3 saturated heterocycles. The lowest BCUT2D eigenvalue weighted by Crippen LogP contribution is -2.60. The van der Waals surface area contributed by atoms with Crippen molar-refractivity contribution < 1.29 is 49.0 Å². The topological polar surface area (TPSA) is 152 Å². The predicted molar refractivity (Wildman–Crippen MR) is 81.4 cm³/mol. The number of carbonyl (C=O) groups is 2. The Morgan fingerprint density at radius 2 is 1.81 bits per heavy atom. The maximum Gasteiger partial charge on any atom is 0.317 e. The molecule has 3 aliphatic rings. The monoisotopic (exact) mass is 376 g/mol. The zero-order valence-corrected chi connectivity index (χ0v) is 14.5. The van der Waals surface area contributed by atoms with Gasteiger partial charge in [-0.2, -0.15) is 0 Å². The predicted octanol–water partition coefficient (Wildman–Crippen LogP) is -2.31. The molecule has 0 aromatic heterocycles. The molecule has 0 radical (unpaired) electrons. The van der Waals surface area contributed by atoms with Crippen LogP contribution in [0.2, 0.25) is 0 Å². The fourth-order valence-corrected chi connectivity index (χ4v) is 4.11. The summed E-state index contributed by atoms with van der Waals surface area (Å²) in [6, 6.07) is 0. The minimum atomic E-state index is -1.71. The summed E-state index contributed by atoms with van der Waals surface area (Å²) >= 11 is 0. The average molecular weight is 376 g/mol. The molecule has 148 valence electrons. The number of rotatable bonds is 4. The highest BCUT2D eigenvalue weighted by atomic mass is 16.7. The number of methoxy groups -OCH3 is 1. The van der Waals surface area contributed by atoms with Crippen molar-refractivity contribution in [2.24, 2.45) is 11.3 Å². The quantitative estimate of drug-likeness (QED) is 0.394. The first kappa shape index (κ1) is 19.5. The van der Waals surface area contributed by atoms with Crippen molar-refractivity contribution >= 4 is 11.9 Å². The van der Waals surface area contributed by atoms with Crippen LogP contribution in [0.15, 0.2) is 0 Å². The number of esters is 2. The molecule has 9 atom stereocenters. The summed E-state index contributed by atoms with van der Waals surface area (Å²) in [5.74, 6) is -2.29. The summed E-state index contributed by atoms with van der Waals surface area (Å²) in [6.45, 7) is 0.889. The molecule has 0 saturated carbocycles. The maximum atomic E-state index is 12.9. The Balaban J connectivity index is 1.79. The lowest BCUT2D eigenvalue weighted by Gasteiger charge is -2.41. The number of ether oxygens (including phenoxy) is 4. The first-order chi connectivity index (χ1) is 12.2. The molecule has 0 spiro atoms. The van der Waals surface area contributed by atoms with Gasteiger partial charge in [-0.3, -0.25) is 9.59 Å². The fraction of sp³-hybridized carbons (Fsp3) is 0.875. The number of aliphatic hydroxyl groups excluding tert-OH is 4. The Kier molecular flexibility index (Phi) is 5.26. The molecule has 3 aliphatic heterocycles. The van der Waals surface area contributed by atoms with Gasteiger partial charge in [0.1, 0.15) is 35.7 Å². The third-order valence-electron chi connectivity index (χ3n) is 5.71. The van der Waals surface area contributed by atoms with Gasteiger partial charge in [0.05, 0.1) is 25.9 Å². The second-order valence-electron chi connectivity index (χ2n) is 7.13. The molecule has 0 aliphatic carbocycles. The second kappa shape index (κ2) is 7.02. The lowest BCUT2D eigenvalue weighted by molar-refractivity contribution is -0.296. The van der Waals surface area contributed by atoms with E-state index in [4.69, 9.17) is 18.9 Å².